The lowest BCUT2D eigenvalue weighted by Gasteiger charge is -2.04. The van der Waals surface area contributed by atoms with Gasteiger partial charge in [-0.2, -0.15) is 0 Å². The predicted molar refractivity (Wildman–Crippen MR) is 113 cm³/mol. The van der Waals surface area contributed by atoms with Crippen LogP contribution >= 0.6 is 0 Å². The normalized spacial score (nSPS) is 11.3. The maximum atomic E-state index is 3.25. The van der Waals surface area contributed by atoms with Crippen molar-refractivity contribution < 1.29 is 0 Å². The van der Waals surface area contributed by atoms with E-state index in [-0.39, 0.29) is 0 Å². The second-order valence-electron chi connectivity index (χ2n) is 7.91. The van der Waals surface area contributed by atoms with Crippen LogP contribution in [0, 0.1) is 0 Å². The molecule has 0 unspecified atom stereocenters. The molecule has 1 heteroatoms. The van der Waals surface area contributed by atoms with Crippen LogP contribution in [-0.2, 0) is 12.8 Å². The Kier molecular flexibility index (Phi) is 14.9. The van der Waals surface area contributed by atoms with Crippen molar-refractivity contribution in [2.45, 2.75) is 129 Å². The minimum Gasteiger partial charge on any atom is -0.367 e. The van der Waals surface area contributed by atoms with Gasteiger partial charge < -0.3 is 4.98 Å². The fraction of sp³-hybridized carbons (Fsp3) is 0.833. The van der Waals surface area contributed by atoms with Crippen LogP contribution in [0.15, 0.2) is 12.4 Å². The van der Waals surface area contributed by atoms with Gasteiger partial charge in [0.25, 0.3) is 0 Å². The van der Waals surface area contributed by atoms with Gasteiger partial charge in [0.2, 0.25) is 0 Å². The first kappa shape index (κ1) is 22.3. The molecule has 0 atom stereocenters. The van der Waals surface area contributed by atoms with Gasteiger partial charge in [-0.15, -0.1) is 0 Å². The Labute approximate surface area is 158 Å². The van der Waals surface area contributed by atoms with E-state index < -0.39 is 0 Å². The van der Waals surface area contributed by atoms with Crippen molar-refractivity contribution in [1.82, 2.24) is 4.98 Å². The molecule has 0 fully saturated rings. The molecular formula is C24H45N. The van der Waals surface area contributed by atoms with Crippen LogP contribution in [0.2, 0.25) is 0 Å². The maximum absolute atomic E-state index is 3.25. The summed E-state index contributed by atoms with van der Waals surface area (Å²) in [6, 6.07) is 0. The first-order valence-electron chi connectivity index (χ1n) is 11.5. The quantitative estimate of drug-likeness (QED) is 0.257. The van der Waals surface area contributed by atoms with Crippen molar-refractivity contribution >= 4 is 0 Å². The van der Waals surface area contributed by atoms with Crippen LogP contribution < -0.4 is 0 Å². The summed E-state index contributed by atoms with van der Waals surface area (Å²) in [5.74, 6) is 0. The summed E-state index contributed by atoms with van der Waals surface area (Å²) in [5, 5.41) is 0. The van der Waals surface area contributed by atoms with E-state index in [1.807, 2.05) is 0 Å². The molecule has 0 bridgehead atoms. The van der Waals surface area contributed by atoms with Crippen LogP contribution in [0.1, 0.15) is 128 Å². The van der Waals surface area contributed by atoms with E-state index in [9.17, 15) is 0 Å². The third-order valence-electron chi connectivity index (χ3n) is 5.61. The second kappa shape index (κ2) is 16.7. The summed E-state index contributed by atoms with van der Waals surface area (Å²) in [6.07, 6.45) is 30.0. The predicted octanol–water partition coefficient (Wildman–Crippen LogP) is 8.38. The van der Waals surface area contributed by atoms with Crippen molar-refractivity contribution in [3.63, 3.8) is 0 Å². The molecule has 0 aliphatic carbocycles. The van der Waals surface area contributed by atoms with Gasteiger partial charge in [0.05, 0.1) is 0 Å². The van der Waals surface area contributed by atoms with Crippen molar-refractivity contribution in [2.24, 2.45) is 0 Å². The summed E-state index contributed by atoms with van der Waals surface area (Å²) in [6.45, 7) is 4.55. The Morgan fingerprint density at radius 2 is 0.920 bits per heavy atom. The molecule has 0 aromatic carbocycles. The summed E-state index contributed by atoms with van der Waals surface area (Å²) < 4.78 is 0. The molecule has 146 valence electrons. The Bertz CT molecular complexity index is 379. The van der Waals surface area contributed by atoms with E-state index in [2.05, 4.69) is 31.2 Å². The molecule has 1 nitrogen and oxygen atoms in total. The number of aryl methyl sites for hydroxylation is 2. The molecule has 1 rings (SSSR count). The van der Waals surface area contributed by atoms with Gasteiger partial charge in [0, 0.05) is 12.4 Å². The first-order chi connectivity index (χ1) is 12.4. The van der Waals surface area contributed by atoms with Crippen molar-refractivity contribution in [2.75, 3.05) is 0 Å². The minimum atomic E-state index is 1.16. The highest BCUT2D eigenvalue weighted by Crippen LogP contribution is 2.16. The third-order valence-corrected chi connectivity index (χ3v) is 5.61. The number of H-pyrrole nitrogens is 1. The molecule has 0 aliphatic heterocycles. The molecule has 1 aromatic heterocycles. The summed E-state index contributed by atoms with van der Waals surface area (Å²) >= 11 is 0. The number of aromatic amines is 1. The molecule has 0 saturated carbocycles. The number of nitrogens with one attached hydrogen (secondary N) is 1. The summed E-state index contributed by atoms with van der Waals surface area (Å²) in [4.78, 5) is 3.25. The molecule has 0 saturated heterocycles. The molecule has 0 aliphatic rings. The lowest BCUT2D eigenvalue weighted by Crippen LogP contribution is -1.89. The topological polar surface area (TPSA) is 15.8 Å². The van der Waals surface area contributed by atoms with Gasteiger partial charge in [-0.05, 0) is 30.4 Å². The number of hydrogen-bond acceptors (Lipinski definition) is 0. The highest BCUT2D eigenvalue weighted by molar-refractivity contribution is 5.23. The van der Waals surface area contributed by atoms with E-state index >= 15 is 0 Å². The van der Waals surface area contributed by atoms with Gasteiger partial charge in [-0.25, -0.2) is 0 Å². The Hall–Kier alpha value is -0.720. The molecule has 0 amide bonds. The standard InChI is InChI=1S/C24H45N/c1-3-5-6-7-8-9-10-11-12-13-14-15-16-17-18-19-20-24-22-25-21-23(24)4-2/h21-22,25H,3-20H2,1-2H3. The van der Waals surface area contributed by atoms with Crippen molar-refractivity contribution in [3.8, 4) is 0 Å². The number of aromatic nitrogens is 1. The first-order valence-corrected chi connectivity index (χ1v) is 11.5. The van der Waals surface area contributed by atoms with Gasteiger partial charge in [-0.1, -0.05) is 110 Å². The van der Waals surface area contributed by atoms with E-state index in [1.54, 1.807) is 5.56 Å². The highest BCUT2D eigenvalue weighted by atomic mass is 14.6. The molecule has 1 N–H and O–H groups in total. The van der Waals surface area contributed by atoms with E-state index in [0.29, 0.717) is 0 Å². The maximum Gasteiger partial charge on any atom is 0.00401 e. The zero-order chi connectivity index (χ0) is 18.0. The van der Waals surface area contributed by atoms with Gasteiger partial charge in [-0.3, -0.25) is 0 Å². The lowest BCUT2D eigenvalue weighted by atomic mass is 10.0. The lowest BCUT2D eigenvalue weighted by molar-refractivity contribution is 0.529. The van der Waals surface area contributed by atoms with Crippen LogP contribution in [0.4, 0.5) is 0 Å². The fourth-order valence-electron chi connectivity index (χ4n) is 3.85. The Morgan fingerprint density at radius 3 is 1.36 bits per heavy atom. The largest absolute Gasteiger partial charge is 0.367 e. The molecule has 0 spiro atoms. The average molecular weight is 348 g/mol. The summed E-state index contributed by atoms with van der Waals surface area (Å²) in [7, 11) is 0. The Balaban J connectivity index is 1.75. The van der Waals surface area contributed by atoms with Gasteiger partial charge in [0.1, 0.15) is 0 Å². The van der Waals surface area contributed by atoms with E-state index in [0.717, 1.165) is 6.42 Å². The monoisotopic (exact) mass is 347 g/mol. The van der Waals surface area contributed by atoms with Gasteiger partial charge >= 0.3 is 0 Å². The van der Waals surface area contributed by atoms with Crippen LogP contribution in [-0.4, -0.2) is 4.98 Å². The molecule has 0 radical (unpaired) electrons. The van der Waals surface area contributed by atoms with Crippen LogP contribution in [0.3, 0.4) is 0 Å². The Morgan fingerprint density at radius 1 is 0.520 bits per heavy atom. The number of hydrogen-bond donors (Lipinski definition) is 1. The van der Waals surface area contributed by atoms with E-state index in [4.69, 9.17) is 0 Å². The van der Waals surface area contributed by atoms with E-state index in [1.165, 1.54) is 115 Å². The SMILES string of the molecule is CCCCCCCCCCCCCCCCCCc1c[nH]cc1CC. The van der Waals surface area contributed by atoms with Crippen molar-refractivity contribution in [1.29, 1.82) is 0 Å². The van der Waals surface area contributed by atoms with Crippen LogP contribution in [0.5, 0.6) is 0 Å². The second-order valence-corrected chi connectivity index (χ2v) is 7.91. The molecular weight excluding hydrogens is 302 g/mol. The molecule has 1 heterocycles. The zero-order valence-corrected chi connectivity index (χ0v) is 17.4. The van der Waals surface area contributed by atoms with Crippen molar-refractivity contribution in [3.05, 3.63) is 23.5 Å². The molecule has 1 aromatic rings. The molecule has 25 heavy (non-hydrogen) atoms. The van der Waals surface area contributed by atoms with Gasteiger partial charge in [0.15, 0.2) is 0 Å². The highest BCUT2D eigenvalue weighted by Gasteiger charge is 2.01. The summed E-state index contributed by atoms with van der Waals surface area (Å²) in [5.41, 5.74) is 3.06. The van der Waals surface area contributed by atoms with Crippen LogP contribution in [0.25, 0.3) is 0 Å². The number of rotatable bonds is 18. The smallest absolute Gasteiger partial charge is 0.00401 e. The fourth-order valence-corrected chi connectivity index (χ4v) is 3.85. The number of unbranched alkanes of at least 4 members (excludes halogenated alkanes) is 15. The minimum absolute atomic E-state index is 1.16. The zero-order valence-electron chi connectivity index (χ0n) is 17.4. The third kappa shape index (κ3) is 12.3. The average Bonchev–Trinajstić information content (AvgIpc) is 3.09.